The van der Waals surface area contributed by atoms with Crippen LogP contribution in [0.2, 0.25) is 0 Å². The molecule has 0 aliphatic heterocycles. The van der Waals surface area contributed by atoms with Crippen LogP contribution < -0.4 is 5.32 Å². The molecule has 18 heavy (non-hydrogen) atoms. The predicted molar refractivity (Wildman–Crippen MR) is 60.9 cm³/mol. The van der Waals surface area contributed by atoms with Crippen LogP contribution in [0.15, 0.2) is 12.3 Å². The SMILES string of the molecule is CCC(Nc1nccc(C#N)c1[N+](=O)[O-])C(=O)O. The molecular formula is C10H10N4O4. The Bertz CT molecular complexity index is 523. The molecule has 0 spiro atoms. The molecule has 0 saturated carbocycles. The van der Waals surface area contributed by atoms with Crippen molar-refractivity contribution < 1.29 is 14.8 Å². The summed E-state index contributed by atoms with van der Waals surface area (Å²) in [7, 11) is 0. The Kier molecular flexibility index (Phi) is 4.15. The summed E-state index contributed by atoms with van der Waals surface area (Å²) in [6.07, 6.45) is 1.44. The van der Waals surface area contributed by atoms with Gasteiger partial charge in [0.25, 0.3) is 0 Å². The minimum atomic E-state index is -1.14. The molecule has 0 aliphatic carbocycles. The molecule has 0 saturated heterocycles. The average molecular weight is 250 g/mol. The minimum Gasteiger partial charge on any atom is -0.480 e. The van der Waals surface area contributed by atoms with Crippen molar-refractivity contribution in [3.05, 3.63) is 27.9 Å². The summed E-state index contributed by atoms with van der Waals surface area (Å²) >= 11 is 0. The van der Waals surface area contributed by atoms with E-state index >= 15 is 0 Å². The highest BCUT2D eigenvalue weighted by Gasteiger charge is 2.25. The normalized spacial score (nSPS) is 11.3. The highest BCUT2D eigenvalue weighted by atomic mass is 16.6. The first-order chi connectivity index (χ1) is 8.51. The van der Waals surface area contributed by atoms with Crippen molar-refractivity contribution >= 4 is 17.5 Å². The lowest BCUT2D eigenvalue weighted by atomic mass is 10.2. The molecule has 8 nitrogen and oxygen atoms in total. The van der Waals surface area contributed by atoms with Crippen molar-refractivity contribution in [3.63, 3.8) is 0 Å². The number of hydrogen-bond donors (Lipinski definition) is 2. The molecule has 0 radical (unpaired) electrons. The zero-order valence-electron chi connectivity index (χ0n) is 9.45. The van der Waals surface area contributed by atoms with E-state index in [-0.39, 0.29) is 17.8 Å². The van der Waals surface area contributed by atoms with E-state index in [2.05, 4.69) is 10.3 Å². The van der Waals surface area contributed by atoms with Gasteiger partial charge in [-0.3, -0.25) is 10.1 Å². The summed E-state index contributed by atoms with van der Waals surface area (Å²) < 4.78 is 0. The second kappa shape index (κ2) is 5.58. The predicted octanol–water partition coefficient (Wildman–Crippen LogP) is 1.14. The van der Waals surface area contributed by atoms with Crippen LogP contribution in [0.1, 0.15) is 18.9 Å². The van der Waals surface area contributed by atoms with E-state index in [4.69, 9.17) is 10.4 Å². The van der Waals surface area contributed by atoms with Crippen molar-refractivity contribution in [1.82, 2.24) is 4.98 Å². The second-order valence-corrected chi connectivity index (χ2v) is 3.37. The molecule has 1 atom stereocenters. The third kappa shape index (κ3) is 2.70. The molecule has 1 unspecified atom stereocenters. The molecule has 8 heteroatoms. The number of anilines is 1. The molecular weight excluding hydrogens is 240 g/mol. The fourth-order valence-electron chi connectivity index (χ4n) is 1.34. The highest BCUT2D eigenvalue weighted by molar-refractivity contribution is 5.78. The van der Waals surface area contributed by atoms with Crippen molar-refractivity contribution in [1.29, 1.82) is 5.26 Å². The number of carbonyl (C=O) groups is 1. The van der Waals surface area contributed by atoms with Gasteiger partial charge in [-0.1, -0.05) is 6.92 Å². The number of nitrogens with zero attached hydrogens (tertiary/aromatic N) is 3. The van der Waals surface area contributed by atoms with Gasteiger partial charge < -0.3 is 10.4 Å². The lowest BCUT2D eigenvalue weighted by Gasteiger charge is -2.12. The van der Waals surface area contributed by atoms with Crippen LogP contribution >= 0.6 is 0 Å². The zero-order valence-corrected chi connectivity index (χ0v) is 9.45. The summed E-state index contributed by atoms with van der Waals surface area (Å²) in [4.78, 5) is 24.7. The number of nitriles is 1. The van der Waals surface area contributed by atoms with Crippen LogP contribution in [0.25, 0.3) is 0 Å². The van der Waals surface area contributed by atoms with Gasteiger partial charge in [0.1, 0.15) is 17.7 Å². The molecule has 0 aromatic carbocycles. The quantitative estimate of drug-likeness (QED) is 0.591. The van der Waals surface area contributed by atoms with Gasteiger partial charge >= 0.3 is 11.7 Å². The number of nitrogens with one attached hydrogen (secondary N) is 1. The van der Waals surface area contributed by atoms with E-state index < -0.39 is 22.6 Å². The number of carboxylic acids is 1. The largest absolute Gasteiger partial charge is 0.480 e. The molecule has 0 bridgehead atoms. The zero-order chi connectivity index (χ0) is 13.7. The standard InChI is InChI=1S/C10H10N4O4/c1-2-7(10(15)16)13-9-8(14(17)18)6(5-11)3-4-12-9/h3-4,7H,2H2,1H3,(H,12,13)(H,15,16). The Morgan fingerprint density at radius 2 is 2.44 bits per heavy atom. The molecule has 1 aromatic heterocycles. The first-order valence-corrected chi connectivity index (χ1v) is 5.04. The van der Waals surface area contributed by atoms with E-state index in [1.165, 1.54) is 12.3 Å². The molecule has 0 fully saturated rings. The Labute approximate surface area is 102 Å². The van der Waals surface area contributed by atoms with Crippen molar-refractivity contribution in [2.24, 2.45) is 0 Å². The van der Waals surface area contributed by atoms with E-state index in [0.29, 0.717) is 0 Å². The van der Waals surface area contributed by atoms with Gasteiger partial charge in [-0.15, -0.1) is 0 Å². The number of aromatic nitrogens is 1. The number of hydrogen-bond acceptors (Lipinski definition) is 6. The van der Waals surface area contributed by atoms with Crippen molar-refractivity contribution in [2.75, 3.05) is 5.32 Å². The van der Waals surface area contributed by atoms with Gasteiger partial charge in [-0.25, -0.2) is 9.78 Å². The first kappa shape index (κ1) is 13.4. The van der Waals surface area contributed by atoms with E-state index in [1.807, 2.05) is 0 Å². The molecule has 1 rings (SSSR count). The van der Waals surface area contributed by atoms with Crippen LogP contribution in [-0.2, 0) is 4.79 Å². The number of carboxylic acid groups (broad SMARTS) is 1. The van der Waals surface area contributed by atoms with Gasteiger partial charge in [0.05, 0.1) is 4.92 Å². The summed E-state index contributed by atoms with van der Waals surface area (Å²) in [5.74, 6) is -1.36. The molecule has 1 heterocycles. The number of rotatable bonds is 5. The molecule has 2 N–H and O–H groups in total. The topological polar surface area (TPSA) is 129 Å². The van der Waals surface area contributed by atoms with Crippen LogP contribution in [0.5, 0.6) is 0 Å². The first-order valence-electron chi connectivity index (χ1n) is 5.04. The summed E-state index contributed by atoms with van der Waals surface area (Å²) in [6, 6.07) is 1.87. The number of aliphatic carboxylic acids is 1. The Morgan fingerprint density at radius 3 is 2.89 bits per heavy atom. The van der Waals surface area contributed by atoms with Crippen molar-refractivity contribution in [3.8, 4) is 6.07 Å². The van der Waals surface area contributed by atoms with E-state index in [0.717, 1.165) is 0 Å². The maximum atomic E-state index is 10.9. The smallest absolute Gasteiger partial charge is 0.328 e. The Morgan fingerprint density at radius 1 is 1.78 bits per heavy atom. The van der Waals surface area contributed by atoms with Crippen LogP contribution in [0.3, 0.4) is 0 Å². The van der Waals surface area contributed by atoms with Gasteiger partial charge in [0.2, 0.25) is 5.82 Å². The third-order valence-corrected chi connectivity index (χ3v) is 2.24. The van der Waals surface area contributed by atoms with E-state index in [9.17, 15) is 14.9 Å². The Balaban J connectivity index is 3.21. The molecule has 0 aliphatic rings. The maximum Gasteiger partial charge on any atom is 0.328 e. The average Bonchev–Trinajstić information content (AvgIpc) is 2.34. The molecule has 94 valence electrons. The molecule has 0 amide bonds. The lowest BCUT2D eigenvalue weighted by molar-refractivity contribution is -0.384. The Hall–Kier alpha value is -2.69. The van der Waals surface area contributed by atoms with Crippen LogP contribution in [0.4, 0.5) is 11.5 Å². The minimum absolute atomic E-state index is 0.169. The highest BCUT2D eigenvalue weighted by Crippen LogP contribution is 2.26. The number of pyridine rings is 1. The fraction of sp³-hybridized carbons (Fsp3) is 0.300. The van der Waals surface area contributed by atoms with Gasteiger partial charge in [-0.2, -0.15) is 5.26 Å². The summed E-state index contributed by atoms with van der Waals surface area (Å²) in [5, 5.41) is 30.9. The summed E-state index contributed by atoms with van der Waals surface area (Å²) in [6.45, 7) is 1.62. The van der Waals surface area contributed by atoms with Gasteiger partial charge in [0.15, 0.2) is 0 Å². The summed E-state index contributed by atoms with van der Waals surface area (Å²) in [5.41, 5.74) is -0.683. The third-order valence-electron chi connectivity index (χ3n) is 2.24. The monoisotopic (exact) mass is 250 g/mol. The van der Waals surface area contributed by atoms with Crippen molar-refractivity contribution in [2.45, 2.75) is 19.4 Å². The van der Waals surface area contributed by atoms with E-state index in [1.54, 1.807) is 13.0 Å². The maximum absolute atomic E-state index is 10.9. The second-order valence-electron chi connectivity index (χ2n) is 3.37. The fourth-order valence-corrected chi connectivity index (χ4v) is 1.34. The molecule has 1 aromatic rings. The number of nitro groups is 1. The van der Waals surface area contributed by atoms with Crippen LogP contribution in [-0.4, -0.2) is 27.0 Å². The lowest BCUT2D eigenvalue weighted by Crippen LogP contribution is -2.29. The van der Waals surface area contributed by atoms with Gasteiger partial charge in [-0.05, 0) is 12.5 Å². The van der Waals surface area contributed by atoms with Crippen LogP contribution in [0, 0.1) is 21.4 Å². The van der Waals surface area contributed by atoms with Gasteiger partial charge in [0, 0.05) is 6.20 Å².